The van der Waals surface area contributed by atoms with Gasteiger partial charge < -0.3 is 5.11 Å². The van der Waals surface area contributed by atoms with Crippen LogP contribution in [0.3, 0.4) is 0 Å². The molecule has 0 saturated heterocycles. The first-order chi connectivity index (χ1) is 16.6. The Labute approximate surface area is 210 Å². The summed E-state index contributed by atoms with van der Waals surface area (Å²) in [6, 6.07) is 26.4. The van der Waals surface area contributed by atoms with Crippen molar-refractivity contribution in [1.29, 1.82) is 0 Å². The number of aromatic nitrogens is 1. The van der Waals surface area contributed by atoms with Gasteiger partial charge in [-0.25, -0.2) is 4.98 Å². The summed E-state index contributed by atoms with van der Waals surface area (Å²) in [5.74, 6) is 1.05. The molecule has 0 saturated carbocycles. The number of phenols is 1. The molecule has 0 atom stereocenters. The summed E-state index contributed by atoms with van der Waals surface area (Å²) in [6.07, 6.45) is 2.65. The highest BCUT2D eigenvalue weighted by molar-refractivity contribution is 8.00. The molecule has 34 heavy (non-hydrogen) atoms. The Kier molecular flexibility index (Phi) is 5.61. The average Bonchev–Trinajstić information content (AvgIpc) is 3.43. The number of halogens is 1. The largest absolute Gasteiger partial charge is 0.507 e. The van der Waals surface area contributed by atoms with Gasteiger partial charge in [0.1, 0.15) is 5.75 Å². The van der Waals surface area contributed by atoms with Crippen LogP contribution in [0, 0.1) is 0 Å². The van der Waals surface area contributed by atoms with Crippen molar-refractivity contribution in [3.63, 3.8) is 0 Å². The second-order valence-corrected chi connectivity index (χ2v) is 10.9. The van der Waals surface area contributed by atoms with Crippen LogP contribution in [0.1, 0.15) is 22.3 Å². The maximum absolute atomic E-state index is 9.98. The van der Waals surface area contributed by atoms with Crippen molar-refractivity contribution in [1.82, 2.24) is 4.98 Å². The first-order valence-corrected chi connectivity index (χ1v) is 13.1. The van der Waals surface area contributed by atoms with Gasteiger partial charge in [-0.1, -0.05) is 65.8 Å². The monoisotopic (exact) mass is 498 g/mol. The van der Waals surface area contributed by atoms with Crippen LogP contribution in [0.4, 0.5) is 5.69 Å². The fraction of sp³-hybridized carbons (Fsp3) is 0.0714. The highest BCUT2D eigenvalue weighted by atomic mass is 35.5. The molecule has 0 spiro atoms. The minimum atomic E-state index is 0.154. The number of thiazole rings is 1. The fourth-order valence-corrected chi connectivity index (χ4v) is 6.47. The summed E-state index contributed by atoms with van der Waals surface area (Å²) >= 11 is 9.47. The third kappa shape index (κ3) is 4.23. The molecule has 0 fully saturated rings. The van der Waals surface area contributed by atoms with Gasteiger partial charge in [-0.3, -0.25) is 4.99 Å². The van der Waals surface area contributed by atoms with Crippen LogP contribution in [0.2, 0.25) is 5.02 Å². The second-order valence-electron chi connectivity index (χ2n) is 8.21. The van der Waals surface area contributed by atoms with E-state index in [1.807, 2.05) is 18.2 Å². The molecule has 0 aliphatic heterocycles. The minimum Gasteiger partial charge on any atom is -0.507 e. The molecule has 0 unspecified atom stereocenters. The number of nitrogens with zero attached hydrogens (tertiary/aromatic N) is 2. The molecular weight excluding hydrogens is 480 g/mol. The van der Waals surface area contributed by atoms with Crippen LogP contribution in [-0.4, -0.2) is 16.3 Å². The van der Waals surface area contributed by atoms with Crippen molar-refractivity contribution in [2.45, 2.75) is 16.5 Å². The zero-order chi connectivity index (χ0) is 23.1. The Morgan fingerprint density at radius 1 is 0.971 bits per heavy atom. The van der Waals surface area contributed by atoms with Crippen molar-refractivity contribution in [3.8, 4) is 16.9 Å². The van der Waals surface area contributed by atoms with E-state index >= 15 is 0 Å². The first-order valence-electron chi connectivity index (χ1n) is 10.9. The van der Waals surface area contributed by atoms with E-state index in [1.54, 1.807) is 47.5 Å². The molecule has 0 bridgehead atoms. The number of fused-ring (bicyclic) bond motifs is 4. The van der Waals surface area contributed by atoms with Gasteiger partial charge in [0.05, 0.1) is 15.9 Å². The van der Waals surface area contributed by atoms with Crippen LogP contribution in [0.15, 0.2) is 88.2 Å². The molecule has 1 aliphatic rings. The smallest absolute Gasteiger partial charge is 0.151 e. The molecule has 1 aromatic heterocycles. The van der Waals surface area contributed by atoms with Crippen LogP contribution in [0.5, 0.6) is 5.75 Å². The molecule has 1 aliphatic carbocycles. The van der Waals surface area contributed by atoms with E-state index in [9.17, 15) is 5.11 Å². The minimum absolute atomic E-state index is 0.154. The molecule has 4 aromatic carbocycles. The van der Waals surface area contributed by atoms with Crippen molar-refractivity contribution in [2.75, 3.05) is 0 Å². The lowest BCUT2D eigenvalue weighted by Gasteiger charge is -2.04. The fourth-order valence-electron chi connectivity index (χ4n) is 4.24. The Morgan fingerprint density at radius 2 is 1.85 bits per heavy atom. The molecule has 6 rings (SSSR count). The summed E-state index contributed by atoms with van der Waals surface area (Å²) < 4.78 is 2.14. The van der Waals surface area contributed by atoms with Crippen LogP contribution >= 0.6 is 34.7 Å². The third-order valence-electron chi connectivity index (χ3n) is 5.92. The van der Waals surface area contributed by atoms with E-state index in [2.05, 4.69) is 47.5 Å². The number of aliphatic imine (C=N–C) groups is 1. The molecule has 0 radical (unpaired) electrons. The quantitative estimate of drug-likeness (QED) is 0.192. The van der Waals surface area contributed by atoms with Gasteiger partial charge in [0, 0.05) is 22.6 Å². The second kappa shape index (κ2) is 8.91. The lowest BCUT2D eigenvalue weighted by atomic mass is 10.0. The van der Waals surface area contributed by atoms with Gasteiger partial charge in [-0.05, 0) is 70.6 Å². The Morgan fingerprint density at radius 3 is 2.79 bits per heavy atom. The third-order valence-corrected chi connectivity index (χ3v) is 8.38. The maximum Gasteiger partial charge on any atom is 0.151 e. The van der Waals surface area contributed by atoms with Crippen LogP contribution in [-0.2, 0) is 12.2 Å². The van der Waals surface area contributed by atoms with Gasteiger partial charge >= 0.3 is 0 Å². The lowest BCUT2D eigenvalue weighted by Crippen LogP contribution is -1.85. The molecule has 1 N–H and O–H groups in total. The molecule has 5 aromatic rings. The lowest BCUT2D eigenvalue weighted by molar-refractivity contribution is 0.474. The number of phenolic OH excluding ortho intramolecular Hbond substituents is 1. The zero-order valence-corrected chi connectivity index (χ0v) is 20.4. The predicted octanol–water partition coefficient (Wildman–Crippen LogP) is 8.27. The summed E-state index contributed by atoms with van der Waals surface area (Å²) in [4.78, 5) is 9.30. The van der Waals surface area contributed by atoms with Crippen LogP contribution in [0.25, 0.3) is 21.3 Å². The van der Waals surface area contributed by atoms with Gasteiger partial charge in [0.15, 0.2) is 4.34 Å². The van der Waals surface area contributed by atoms with E-state index in [0.717, 1.165) is 32.4 Å². The zero-order valence-electron chi connectivity index (χ0n) is 18.0. The van der Waals surface area contributed by atoms with E-state index in [0.29, 0.717) is 10.6 Å². The van der Waals surface area contributed by atoms with E-state index < -0.39 is 0 Å². The molecule has 0 amide bonds. The summed E-state index contributed by atoms with van der Waals surface area (Å²) in [7, 11) is 0. The highest BCUT2D eigenvalue weighted by Gasteiger charge is 2.18. The number of benzene rings is 4. The van der Waals surface area contributed by atoms with Gasteiger partial charge in [-0.2, -0.15) is 0 Å². The van der Waals surface area contributed by atoms with Gasteiger partial charge in [-0.15, -0.1) is 11.3 Å². The highest BCUT2D eigenvalue weighted by Crippen LogP contribution is 2.38. The van der Waals surface area contributed by atoms with Crippen molar-refractivity contribution in [3.05, 3.63) is 106 Å². The summed E-state index contributed by atoms with van der Waals surface area (Å²) in [5, 5.41) is 10.5. The predicted molar refractivity (Wildman–Crippen MR) is 144 cm³/mol. The Bertz CT molecular complexity index is 1570. The van der Waals surface area contributed by atoms with E-state index in [1.165, 1.54) is 27.8 Å². The number of thioether (sulfide) groups is 1. The maximum atomic E-state index is 9.98. The van der Waals surface area contributed by atoms with E-state index in [-0.39, 0.29) is 5.75 Å². The summed E-state index contributed by atoms with van der Waals surface area (Å²) in [5.41, 5.74) is 9.25. The molecular formula is C28H19ClN2OS2. The van der Waals surface area contributed by atoms with Gasteiger partial charge in [0.25, 0.3) is 0 Å². The summed E-state index contributed by atoms with van der Waals surface area (Å²) in [6.45, 7) is 0. The number of hydrogen-bond acceptors (Lipinski definition) is 5. The normalized spacial score (nSPS) is 12.4. The van der Waals surface area contributed by atoms with Crippen molar-refractivity contribution < 1.29 is 5.11 Å². The van der Waals surface area contributed by atoms with E-state index in [4.69, 9.17) is 16.6 Å². The number of hydrogen-bond donors (Lipinski definition) is 1. The Hall–Kier alpha value is -3.12. The standard InChI is InChI=1S/C28H19ClN2OS2/c29-21-6-10-26(32)20(13-21)15-30-22-7-9-25-27(14-22)34-28(31-25)33-16-17-5-8-24-19(11-17)12-18-3-1-2-4-23(18)24/h1-11,13-15,32H,12,16H2. The van der Waals surface area contributed by atoms with Crippen molar-refractivity contribution >= 4 is 56.8 Å². The molecule has 6 heteroatoms. The molecule has 3 nitrogen and oxygen atoms in total. The first kappa shape index (κ1) is 21.4. The topological polar surface area (TPSA) is 45.5 Å². The number of rotatable bonds is 5. The Balaban J connectivity index is 1.17. The molecule has 1 heterocycles. The average molecular weight is 499 g/mol. The molecule has 166 valence electrons. The van der Waals surface area contributed by atoms with Crippen molar-refractivity contribution in [2.24, 2.45) is 4.99 Å². The van der Waals surface area contributed by atoms with Gasteiger partial charge in [0.2, 0.25) is 0 Å². The van der Waals surface area contributed by atoms with Crippen LogP contribution < -0.4 is 0 Å². The SMILES string of the molecule is Oc1ccc(Cl)cc1C=Nc1ccc2nc(SCc3ccc4c(c3)Cc3ccccc3-4)sc2c1. The number of aromatic hydroxyl groups is 1.